The normalized spacial score (nSPS) is 20.6. The van der Waals surface area contributed by atoms with Gasteiger partial charge in [-0.3, -0.25) is 0 Å². The fourth-order valence-electron chi connectivity index (χ4n) is 2.60. The molecule has 0 radical (unpaired) electrons. The topological polar surface area (TPSA) is 64.4 Å². The van der Waals surface area contributed by atoms with E-state index in [1.165, 1.54) is 0 Å². The number of rotatable bonds is 5. The van der Waals surface area contributed by atoms with Crippen LogP contribution in [-0.2, 0) is 34.5 Å². The monoisotopic (exact) mass is 299 g/mol. The van der Waals surface area contributed by atoms with E-state index in [0.29, 0.717) is 26.3 Å². The molecule has 7 heteroatoms. The van der Waals surface area contributed by atoms with Gasteiger partial charge in [0.2, 0.25) is 10.0 Å². The summed E-state index contributed by atoms with van der Waals surface area (Å²) in [6.45, 7) is 4.89. The van der Waals surface area contributed by atoms with Crippen molar-refractivity contribution in [2.75, 3.05) is 13.2 Å². The molecule has 1 fully saturated rings. The highest BCUT2D eigenvalue weighted by atomic mass is 32.2. The summed E-state index contributed by atoms with van der Waals surface area (Å²) >= 11 is 0. The summed E-state index contributed by atoms with van der Waals surface area (Å²) in [4.78, 5) is 4.37. The standard InChI is InChI=1S/C13H21N3O3S/c1-2-19-9-12-13-8-16(20(17,18)11-4-5-11)7-3-6-15(13)10-14-12/h10-11H,2-9H2,1H3. The third-order valence-electron chi connectivity index (χ3n) is 3.91. The molecule has 1 aliphatic heterocycles. The van der Waals surface area contributed by atoms with Crippen LogP contribution in [0.4, 0.5) is 0 Å². The highest BCUT2D eigenvalue weighted by Crippen LogP contribution is 2.32. The average Bonchev–Trinajstić information content (AvgIpc) is 3.23. The van der Waals surface area contributed by atoms with Crippen molar-refractivity contribution in [3.63, 3.8) is 0 Å². The number of aromatic nitrogens is 2. The maximum atomic E-state index is 12.4. The maximum absolute atomic E-state index is 12.4. The number of ether oxygens (including phenoxy) is 1. The van der Waals surface area contributed by atoms with Gasteiger partial charge in [0.25, 0.3) is 0 Å². The van der Waals surface area contributed by atoms with Crippen LogP contribution in [-0.4, -0.2) is 40.7 Å². The molecule has 0 atom stereocenters. The lowest BCUT2D eigenvalue weighted by Gasteiger charge is -2.20. The molecule has 6 nitrogen and oxygen atoms in total. The number of imidazole rings is 1. The van der Waals surface area contributed by atoms with Gasteiger partial charge in [0, 0.05) is 19.7 Å². The van der Waals surface area contributed by atoms with Gasteiger partial charge in [-0.2, -0.15) is 4.31 Å². The molecule has 0 saturated heterocycles. The Balaban J connectivity index is 1.84. The second kappa shape index (κ2) is 5.46. The molecular weight excluding hydrogens is 278 g/mol. The zero-order valence-electron chi connectivity index (χ0n) is 11.8. The van der Waals surface area contributed by atoms with Crippen LogP contribution in [0.25, 0.3) is 0 Å². The van der Waals surface area contributed by atoms with Crippen LogP contribution < -0.4 is 0 Å². The minimum atomic E-state index is -3.12. The quantitative estimate of drug-likeness (QED) is 0.817. The van der Waals surface area contributed by atoms with Crippen LogP contribution in [0.3, 0.4) is 0 Å². The lowest BCUT2D eigenvalue weighted by molar-refractivity contribution is 0.130. The number of aryl methyl sites for hydroxylation is 1. The van der Waals surface area contributed by atoms with Crippen molar-refractivity contribution in [2.45, 2.75) is 51.1 Å². The molecule has 0 amide bonds. The highest BCUT2D eigenvalue weighted by molar-refractivity contribution is 7.90. The third-order valence-corrected chi connectivity index (χ3v) is 6.26. The van der Waals surface area contributed by atoms with E-state index in [1.807, 2.05) is 6.92 Å². The summed E-state index contributed by atoms with van der Waals surface area (Å²) in [7, 11) is -3.12. The Morgan fingerprint density at radius 1 is 1.40 bits per heavy atom. The predicted octanol–water partition coefficient (Wildman–Crippen LogP) is 1.12. The summed E-state index contributed by atoms with van der Waals surface area (Å²) in [6, 6.07) is 0. The number of sulfonamides is 1. The molecule has 2 aliphatic rings. The molecule has 0 aromatic carbocycles. The Hall–Kier alpha value is -0.920. The van der Waals surface area contributed by atoms with Gasteiger partial charge in [0.1, 0.15) is 0 Å². The molecule has 0 spiro atoms. The predicted molar refractivity (Wildman–Crippen MR) is 74.5 cm³/mol. The highest BCUT2D eigenvalue weighted by Gasteiger charge is 2.40. The number of nitrogens with zero attached hydrogens (tertiary/aromatic N) is 3. The molecule has 1 aromatic rings. The van der Waals surface area contributed by atoms with Crippen LogP contribution in [0, 0.1) is 0 Å². The molecule has 20 heavy (non-hydrogen) atoms. The van der Waals surface area contributed by atoms with Crippen LogP contribution in [0.15, 0.2) is 6.33 Å². The summed E-state index contributed by atoms with van der Waals surface area (Å²) < 4.78 is 34.0. The minimum Gasteiger partial charge on any atom is -0.375 e. The summed E-state index contributed by atoms with van der Waals surface area (Å²) in [5, 5.41) is -0.146. The van der Waals surface area contributed by atoms with Gasteiger partial charge in [-0.05, 0) is 26.2 Å². The lowest BCUT2D eigenvalue weighted by Crippen LogP contribution is -2.33. The molecule has 2 heterocycles. The first-order valence-electron chi connectivity index (χ1n) is 7.22. The van der Waals surface area contributed by atoms with Gasteiger partial charge < -0.3 is 9.30 Å². The second-order valence-electron chi connectivity index (χ2n) is 5.40. The molecule has 112 valence electrons. The Kier molecular flexibility index (Phi) is 3.83. The Bertz CT molecular complexity index is 578. The average molecular weight is 299 g/mol. The molecule has 3 rings (SSSR count). The van der Waals surface area contributed by atoms with Gasteiger partial charge in [-0.15, -0.1) is 0 Å². The van der Waals surface area contributed by atoms with E-state index in [9.17, 15) is 8.42 Å². The van der Waals surface area contributed by atoms with Crippen molar-refractivity contribution in [2.24, 2.45) is 0 Å². The molecule has 0 N–H and O–H groups in total. The number of hydrogen-bond acceptors (Lipinski definition) is 4. The SMILES string of the molecule is CCOCc1ncn2c1CN(S(=O)(=O)C1CC1)CCC2. The molecule has 0 bridgehead atoms. The zero-order chi connectivity index (χ0) is 14.2. The Morgan fingerprint density at radius 2 is 2.20 bits per heavy atom. The van der Waals surface area contributed by atoms with E-state index in [2.05, 4.69) is 9.55 Å². The Labute approximate surface area is 119 Å². The van der Waals surface area contributed by atoms with Gasteiger partial charge in [0.15, 0.2) is 0 Å². The van der Waals surface area contributed by atoms with Crippen molar-refractivity contribution in [3.8, 4) is 0 Å². The van der Waals surface area contributed by atoms with Gasteiger partial charge >= 0.3 is 0 Å². The van der Waals surface area contributed by atoms with E-state index in [0.717, 1.165) is 37.2 Å². The third kappa shape index (κ3) is 2.62. The van der Waals surface area contributed by atoms with Gasteiger partial charge in [-0.1, -0.05) is 0 Å². The number of hydrogen-bond donors (Lipinski definition) is 0. The summed E-state index contributed by atoms with van der Waals surface area (Å²) in [5.74, 6) is 0. The van der Waals surface area contributed by atoms with Crippen molar-refractivity contribution in [1.29, 1.82) is 0 Å². The summed E-state index contributed by atoms with van der Waals surface area (Å²) in [6.07, 6.45) is 4.26. The molecular formula is C13H21N3O3S. The smallest absolute Gasteiger partial charge is 0.217 e. The van der Waals surface area contributed by atoms with E-state index >= 15 is 0 Å². The second-order valence-corrected chi connectivity index (χ2v) is 7.61. The maximum Gasteiger partial charge on any atom is 0.217 e. The fraction of sp³-hybridized carbons (Fsp3) is 0.769. The largest absolute Gasteiger partial charge is 0.375 e. The van der Waals surface area contributed by atoms with Crippen molar-refractivity contribution in [1.82, 2.24) is 13.9 Å². The van der Waals surface area contributed by atoms with Crippen molar-refractivity contribution in [3.05, 3.63) is 17.7 Å². The first kappa shape index (κ1) is 14.0. The van der Waals surface area contributed by atoms with E-state index in [-0.39, 0.29) is 5.25 Å². The summed E-state index contributed by atoms with van der Waals surface area (Å²) in [5.41, 5.74) is 1.85. The first-order chi connectivity index (χ1) is 9.63. The molecule has 1 aromatic heterocycles. The van der Waals surface area contributed by atoms with Gasteiger partial charge in [0.05, 0.1) is 36.1 Å². The van der Waals surface area contributed by atoms with Crippen LogP contribution in [0.5, 0.6) is 0 Å². The number of fused-ring (bicyclic) bond motifs is 1. The van der Waals surface area contributed by atoms with E-state index in [4.69, 9.17) is 4.74 Å². The van der Waals surface area contributed by atoms with Crippen LogP contribution >= 0.6 is 0 Å². The molecule has 1 aliphatic carbocycles. The van der Waals surface area contributed by atoms with Crippen LogP contribution in [0.2, 0.25) is 0 Å². The minimum absolute atomic E-state index is 0.146. The molecule has 0 unspecified atom stereocenters. The van der Waals surface area contributed by atoms with Gasteiger partial charge in [-0.25, -0.2) is 13.4 Å². The molecule has 1 saturated carbocycles. The van der Waals surface area contributed by atoms with Crippen LogP contribution in [0.1, 0.15) is 37.6 Å². The Morgan fingerprint density at radius 3 is 2.90 bits per heavy atom. The van der Waals surface area contributed by atoms with E-state index < -0.39 is 10.0 Å². The van der Waals surface area contributed by atoms with E-state index in [1.54, 1.807) is 10.6 Å². The first-order valence-corrected chi connectivity index (χ1v) is 8.73. The van der Waals surface area contributed by atoms with Crippen molar-refractivity contribution >= 4 is 10.0 Å². The fourth-order valence-corrected chi connectivity index (χ4v) is 4.44. The zero-order valence-corrected chi connectivity index (χ0v) is 12.6. The lowest BCUT2D eigenvalue weighted by atomic mass is 10.3. The van der Waals surface area contributed by atoms with Crippen molar-refractivity contribution < 1.29 is 13.2 Å².